The highest BCUT2D eigenvalue weighted by molar-refractivity contribution is 9.10. The van der Waals surface area contributed by atoms with Gasteiger partial charge in [-0.05, 0) is 76.0 Å². The maximum Gasteiger partial charge on any atom is 0.269 e. The molecule has 2 fully saturated rings. The number of carbonyl (C=O) groups is 2. The van der Waals surface area contributed by atoms with Crippen molar-refractivity contribution in [2.45, 2.75) is 19.4 Å². The largest absolute Gasteiger partial charge is 0.493 e. The lowest BCUT2D eigenvalue weighted by molar-refractivity contribution is -0.384. The minimum atomic E-state index is -0.455. The zero-order chi connectivity index (χ0) is 24.7. The number of rotatable bonds is 7. The summed E-state index contributed by atoms with van der Waals surface area (Å²) in [6, 6.07) is 9.54. The molecule has 10 heteroatoms. The number of ether oxygens (including phenoxy) is 2. The lowest BCUT2D eigenvalue weighted by Gasteiger charge is -2.37. The zero-order valence-electron chi connectivity index (χ0n) is 18.8. The third kappa shape index (κ3) is 4.22. The Balaban J connectivity index is 1.31. The molecule has 1 saturated carbocycles. The van der Waals surface area contributed by atoms with Gasteiger partial charge < -0.3 is 9.47 Å². The molecular formula is C25H22BrN3O6. The molecule has 6 rings (SSSR count). The molecule has 2 aromatic carbocycles. The number of non-ortho nitro benzene ring substituents is 1. The van der Waals surface area contributed by atoms with E-state index in [-0.39, 0.29) is 47.8 Å². The first-order valence-electron chi connectivity index (χ1n) is 11.2. The molecule has 2 aromatic rings. The van der Waals surface area contributed by atoms with Crippen LogP contribution >= 0.6 is 15.9 Å². The van der Waals surface area contributed by atoms with Gasteiger partial charge in [-0.3, -0.25) is 19.7 Å². The molecule has 4 atom stereocenters. The average Bonchev–Trinajstić information content (AvgIpc) is 3.14. The molecule has 1 saturated heterocycles. The molecule has 9 nitrogen and oxygen atoms in total. The highest BCUT2D eigenvalue weighted by Gasteiger charge is 2.56. The SMILES string of the molecule is COc1cc(/C=N\N2C(=O)[C@@H]3[C@H](C2=O)[C@H]2C=C[C@H]3CC2)cc(Br)c1OCc1ccc([N+](=O)[O-])cc1. The van der Waals surface area contributed by atoms with Crippen molar-refractivity contribution in [1.82, 2.24) is 5.01 Å². The molecule has 4 aliphatic rings. The van der Waals surface area contributed by atoms with Gasteiger partial charge in [0.2, 0.25) is 0 Å². The van der Waals surface area contributed by atoms with Gasteiger partial charge in [-0.1, -0.05) is 12.2 Å². The van der Waals surface area contributed by atoms with Crippen molar-refractivity contribution in [3.63, 3.8) is 0 Å². The number of methoxy groups -OCH3 is 1. The molecule has 1 heterocycles. The molecule has 2 amide bonds. The number of halogens is 1. The number of hydrogen-bond donors (Lipinski definition) is 0. The summed E-state index contributed by atoms with van der Waals surface area (Å²) < 4.78 is 12.0. The van der Waals surface area contributed by atoms with Crippen LogP contribution in [0.5, 0.6) is 11.5 Å². The smallest absolute Gasteiger partial charge is 0.269 e. The van der Waals surface area contributed by atoms with Crippen molar-refractivity contribution in [3.8, 4) is 11.5 Å². The Morgan fingerprint density at radius 3 is 2.29 bits per heavy atom. The van der Waals surface area contributed by atoms with Gasteiger partial charge in [-0.25, -0.2) is 0 Å². The molecule has 180 valence electrons. The standard InChI is InChI=1S/C25H22BrN3O6/c1-34-20-11-15(10-19(26)23(20)35-13-14-2-8-18(9-3-14)29(32)33)12-27-28-24(30)21-16-4-5-17(7-6-16)22(21)25(28)31/h2-5,8-12,16-17,21-22H,6-7,13H2,1H3/b27-12-/t16-,17-,21-,22+/m0/s1. The lowest BCUT2D eigenvalue weighted by atomic mass is 9.63. The molecule has 0 aromatic heterocycles. The molecule has 2 bridgehead atoms. The monoisotopic (exact) mass is 539 g/mol. The number of hydrazone groups is 1. The highest BCUT2D eigenvalue weighted by Crippen LogP contribution is 2.49. The van der Waals surface area contributed by atoms with E-state index in [1.807, 2.05) is 0 Å². The van der Waals surface area contributed by atoms with E-state index in [0.717, 1.165) is 23.4 Å². The summed E-state index contributed by atoms with van der Waals surface area (Å²) in [6.07, 6.45) is 7.49. The molecule has 0 radical (unpaired) electrons. The minimum absolute atomic E-state index is 0.00860. The van der Waals surface area contributed by atoms with Gasteiger partial charge in [-0.15, -0.1) is 0 Å². The van der Waals surface area contributed by atoms with Gasteiger partial charge in [-0.2, -0.15) is 10.1 Å². The predicted molar refractivity (Wildman–Crippen MR) is 130 cm³/mol. The Labute approximate surface area is 209 Å². The van der Waals surface area contributed by atoms with Crippen LogP contribution in [0.15, 0.2) is 58.1 Å². The number of nitro groups is 1. The quantitative estimate of drug-likeness (QED) is 0.168. The highest BCUT2D eigenvalue weighted by atomic mass is 79.9. The number of amides is 2. The van der Waals surface area contributed by atoms with E-state index < -0.39 is 4.92 Å². The van der Waals surface area contributed by atoms with Crippen LogP contribution in [0.2, 0.25) is 0 Å². The second-order valence-corrected chi connectivity index (χ2v) is 9.68. The summed E-state index contributed by atoms with van der Waals surface area (Å²) in [6.45, 7) is 0.177. The second kappa shape index (κ2) is 9.26. The number of imide groups is 1. The van der Waals surface area contributed by atoms with Gasteiger partial charge in [0.05, 0.1) is 34.6 Å². The normalized spacial score (nSPS) is 24.8. The van der Waals surface area contributed by atoms with Gasteiger partial charge in [0.1, 0.15) is 6.61 Å². The second-order valence-electron chi connectivity index (χ2n) is 8.82. The van der Waals surface area contributed by atoms with Crippen molar-refractivity contribution >= 4 is 39.6 Å². The molecule has 0 unspecified atom stereocenters. The molecule has 35 heavy (non-hydrogen) atoms. The van der Waals surface area contributed by atoms with Gasteiger partial charge in [0.25, 0.3) is 17.5 Å². The van der Waals surface area contributed by atoms with E-state index in [1.54, 1.807) is 24.3 Å². The van der Waals surface area contributed by atoms with Crippen LogP contribution in [-0.2, 0) is 16.2 Å². The van der Waals surface area contributed by atoms with E-state index in [4.69, 9.17) is 9.47 Å². The molecule has 0 N–H and O–H groups in total. The maximum absolute atomic E-state index is 12.9. The van der Waals surface area contributed by atoms with Gasteiger partial charge in [0.15, 0.2) is 11.5 Å². The van der Waals surface area contributed by atoms with Crippen LogP contribution < -0.4 is 9.47 Å². The molecule has 3 aliphatic carbocycles. The molecule has 1 aliphatic heterocycles. The van der Waals surface area contributed by atoms with Crippen LogP contribution in [0.3, 0.4) is 0 Å². The van der Waals surface area contributed by atoms with Crippen LogP contribution in [0.25, 0.3) is 0 Å². The summed E-state index contributed by atoms with van der Waals surface area (Å²) in [5, 5.41) is 16.1. The average molecular weight is 540 g/mol. The van der Waals surface area contributed by atoms with Crippen molar-refractivity contribution in [3.05, 3.63) is 74.3 Å². The summed E-state index contributed by atoms with van der Waals surface area (Å²) in [4.78, 5) is 36.3. The van der Waals surface area contributed by atoms with Crippen LogP contribution in [0.1, 0.15) is 24.0 Å². The first kappa shape index (κ1) is 23.2. The first-order valence-corrected chi connectivity index (χ1v) is 12.0. The van der Waals surface area contributed by atoms with E-state index in [1.165, 1.54) is 25.5 Å². The Morgan fingerprint density at radius 2 is 1.74 bits per heavy atom. The third-order valence-corrected chi connectivity index (χ3v) is 7.43. The first-order chi connectivity index (χ1) is 16.9. The van der Waals surface area contributed by atoms with Crippen molar-refractivity contribution in [2.75, 3.05) is 7.11 Å². The summed E-state index contributed by atoms with van der Waals surface area (Å²) in [5.41, 5.74) is 1.38. The number of allylic oxidation sites excluding steroid dienone is 2. The van der Waals surface area contributed by atoms with E-state index >= 15 is 0 Å². The fraction of sp³-hybridized carbons (Fsp3) is 0.320. The topological polar surface area (TPSA) is 111 Å². The fourth-order valence-corrected chi connectivity index (χ4v) is 5.69. The van der Waals surface area contributed by atoms with E-state index in [0.29, 0.717) is 21.5 Å². The van der Waals surface area contributed by atoms with Gasteiger partial charge >= 0.3 is 0 Å². The minimum Gasteiger partial charge on any atom is -0.493 e. The van der Waals surface area contributed by atoms with Crippen LogP contribution in [0.4, 0.5) is 5.69 Å². The summed E-state index contributed by atoms with van der Waals surface area (Å²) in [5.74, 6) is 0.0300. The number of fused-ring (bicyclic) bond motifs is 1. The van der Waals surface area contributed by atoms with E-state index in [9.17, 15) is 19.7 Å². The number of nitrogens with zero attached hydrogens (tertiary/aromatic N) is 3. The third-order valence-electron chi connectivity index (χ3n) is 6.84. The maximum atomic E-state index is 12.9. The predicted octanol–water partition coefficient (Wildman–Crippen LogP) is 4.48. The fourth-order valence-electron chi connectivity index (χ4n) is 5.12. The number of carbonyl (C=O) groups excluding carboxylic acids is 2. The Morgan fingerprint density at radius 1 is 1.11 bits per heavy atom. The number of nitro benzene ring substituents is 1. The van der Waals surface area contributed by atoms with E-state index in [2.05, 4.69) is 33.2 Å². The van der Waals surface area contributed by atoms with Gasteiger partial charge in [0, 0.05) is 12.1 Å². The lowest BCUT2D eigenvalue weighted by Crippen LogP contribution is -2.38. The Bertz CT molecular complexity index is 1230. The molecular weight excluding hydrogens is 518 g/mol. The Hall–Kier alpha value is -3.53. The summed E-state index contributed by atoms with van der Waals surface area (Å²) >= 11 is 3.48. The molecule has 0 spiro atoms. The number of benzene rings is 2. The zero-order valence-corrected chi connectivity index (χ0v) is 20.4. The van der Waals surface area contributed by atoms with Crippen LogP contribution in [-0.4, -0.2) is 35.1 Å². The van der Waals surface area contributed by atoms with Crippen LogP contribution in [0, 0.1) is 33.8 Å². The van der Waals surface area contributed by atoms with Crippen molar-refractivity contribution in [1.29, 1.82) is 0 Å². The Kier molecular flexibility index (Phi) is 6.14. The van der Waals surface area contributed by atoms with Crippen molar-refractivity contribution in [2.24, 2.45) is 28.8 Å². The van der Waals surface area contributed by atoms with Crippen molar-refractivity contribution < 1.29 is 24.0 Å². The summed E-state index contributed by atoms with van der Waals surface area (Å²) in [7, 11) is 1.50. The number of hydrogen-bond acceptors (Lipinski definition) is 7.